The summed E-state index contributed by atoms with van der Waals surface area (Å²) < 4.78 is 4.57. The highest BCUT2D eigenvalue weighted by atomic mass is 16.2. The quantitative estimate of drug-likeness (QED) is 0.578. The van der Waals surface area contributed by atoms with Gasteiger partial charge >= 0.3 is 5.69 Å². The van der Waals surface area contributed by atoms with Crippen molar-refractivity contribution in [2.24, 2.45) is 0 Å². The Morgan fingerprint density at radius 1 is 1.08 bits per heavy atom. The predicted octanol–water partition coefficient (Wildman–Crippen LogP) is 0.584. The third kappa shape index (κ3) is 2.62. The molecule has 0 aliphatic carbocycles. The SMILES string of the molecule is O=c1n(CCNc2ccc(-n3cnnn3)cc2)nc2ccccn12. The summed E-state index contributed by atoms with van der Waals surface area (Å²) in [5.41, 5.74) is 2.33. The van der Waals surface area contributed by atoms with Gasteiger partial charge in [-0.05, 0) is 46.8 Å². The number of anilines is 1. The van der Waals surface area contributed by atoms with E-state index < -0.39 is 0 Å². The molecule has 0 fully saturated rings. The molecule has 120 valence electrons. The summed E-state index contributed by atoms with van der Waals surface area (Å²) >= 11 is 0. The summed E-state index contributed by atoms with van der Waals surface area (Å²) in [4.78, 5) is 12.2. The van der Waals surface area contributed by atoms with Gasteiger partial charge in [0.25, 0.3) is 0 Å². The fourth-order valence-electron chi connectivity index (χ4n) is 2.43. The van der Waals surface area contributed by atoms with E-state index in [2.05, 4.69) is 25.9 Å². The van der Waals surface area contributed by atoms with E-state index in [-0.39, 0.29) is 5.69 Å². The highest BCUT2D eigenvalue weighted by Crippen LogP contribution is 2.11. The van der Waals surface area contributed by atoms with Crippen LogP contribution in [0.15, 0.2) is 59.8 Å². The van der Waals surface area contributed by atoms with E-state index in [9.17, 15) is 4.79 Å². The standard InChI is InChI=1S/C15H14N8O/c24-15-21-9-2-1-3-14(21)18-22(15)10-8-16-12-4-6-13(7-5-12)23-11-17-19-20-23/h1-7,9,11,16H,8,10H2. The van der Waals surface area contributed by atoms with E-state index in [1.807, 2.05) is 42.5 Å². The number of fused-ring (bicyclic) bond motifs is 1. The summed E-state index contributed by atoms with van der Waals surface area (Å²) in [5, 5.41) is 18.6. The first kappa shape index (κ1) is 14.1. The van der Waals surface area contributed by atoms with Crippen LogP contribution in [0.25, 0.3) is 11.3 Å². The van der Waals surface area contributed by atoms with Gasteiger partial charge in [-0.2, -0.15) is 0 Å². The van der Waals surface area contributed by atoms with Gasteiger partial charge in [0.1, 0.15) is 6.33 Å². The molecule has 0 radical (unpaired) electrons. The Morgan fingerprint density at radius 3 is 2.71 bits per heavy atom. The Kier molecular flexibility index (Phi) is 3.50. The van der Waals surface area contributed by atoms with Crippen LogP contribution in [0.4, 0.5) is 5.69 Å². The summed E-state index contributed by atoms with van der Waals surface area (Å²) in [5.74, 6) is 0. The number of nitrogens with one attached hydrogen (secondary N) is 1. The fourth-order valence-corrected chi connectivity index (χ4v) is 2.43. The molecule has 0 amide bonds. The molecule has 0 unspecified atom stereocenters. The molecule has 0 atom stereocenters. The largest absolute Gasteiger partial charge is 0.383 e. The van der Waals surface area contributed by atoms with Crippen molar-refractivity contribution < 1.29 is 0 Å². The molecule has 4 aromatic rings. The molecule has 1 N–H and O–H groups in total. The van der Waals surface area contributed by atoms with Crippen molar-refractivity contribution in [3.8, 4) is 5.69 Å². The van der Waals surface area contributed by atoms with Crippen molar-refractivity contribution in [3.63, 3.8) is 0 Å². The van der Waals surface area contributed by atoms with E-state index >= 15 is 0 Å². The zero-order valence-corrected chi connectivity index (χ0v) is 12.6. The van der Waals surface area contributed by atoms with Gasteiger partial charge in [0.05, 0.1) is 12.2 Å². The van der Waals surface area contributed by atoms with E-state index in [0.717, 1.165) is 11.4 Å². The van der Waals surface area contributed by atoms with Crippen LogP contribution < -0.4 is 11.0 Å². The monoisotopic (exact) mass is 322 g/mol. The summed E-state index contributed by atoms with van der Waals surface area (Å²) in [7, 11) is 0. The van der Waals surface area contributed by atoms with Crippen LogP contribution in [0.2, 0.25) is 0 Å². The van der Waals surface area contributed by atoms with Gasteiger partial charge in [0.15, 0.2) is 5.65 Å². The van der Waals surface area contributed by atoms with Crippen molar-refractivity contribution in [3.05, 3.63) is 65.5 Å². The highest BCUT2D eigenvalue weighted by Gasteiger charge is 2.05. The molecule has 0 aliphatic heterocycles. The minimum absolute atomic E-state index is 0.138. The molecule has 0 spiro atoms. The van der Waals surface area contributed by atoms with Crippen molar-refractivity contribution >= 4 is 11.3 Å². The maximum Gasteiger partial charge on any atom is 0.350 e. The molecule has 0 aliphatic rings. The molecular formula is C15H14N8O. The Hall–Kier alpha value is -3.49. The Morgan fingerprint density at radius 2 is 1.96 bits per heavy atom. The number of benzene rings is 1. The second kappa shape index (κ2) is 5.95. The van der Waals surface area contributed by atoms with Crippen LogP contribution in [0.5, 0.6) is 0 Å². The number of rotatable bonds is 5. The maximum atomic E-state index is 12.2. The van der Waals surface area contributed by atoms with Gasteiger partial charge in [0.2, 0.25) is 0 Å². The molecule has 3 aromatic heterocycles. The number of hydrogen-bond acceptors (Lipinski definition) is 6. The van der Waals surface area contributed by atoms with E-state index in [0.29, 0.717) is 18.7 Å². The third-order valence-electron chi connectivity index (χ3n) is 3.62. The number of aromatic nitrogens is 7. The van der Waals surface area contributed by atoms with Gasteiger partial charge in [-0.1, -0.05) is 6.07 Å². The summed E-state index contributed by atoms with van der Waals surface area (Å²) in [6.07, 6.45) is 3.25. The zero-order valence-electron chi connectivity index (χ0n) is 12.6. The first-order chi connectivity index (χ1) is 11.8. The van der Waals surface area contributed by atoms with Crippen LogP contribution in [0.3, 0.4) is 0 Å². The smallest absolute Gasteiger partial charge is 0.350 e. The van der Waals surface area contributed by atoms with Crippen LogP contribution in [0.1, 0.15) is 0 Å². The van der Waals surface area contributed by atoms with Gasteiger partial charge in [-0.15, -0.1) is 10.2 Å². The topological polar surface area (TPSA) is 94.9 Å². The lowest BCUT2D eigenvalue weighted by molar-refractivity contribution is 0.614. The van der Waals surface area contributed by atoms with Crippen LogP contribution >= 0.6 is 0 Å². The van der Waals surface area contributed by atoms with Gasteiger partial charge < -0.3 is 5.32 Å². The molecule has 0 bridgehead atoms. The molecular weight excluding hydrogens is 308 g/mol. The third-order valence-corrected chi connectivity index (χ3v) is 3.62. The molecule has 24 heavy (non-hydrogen) atoms. The first-order valence-electron chi connectivity index (χ1n) is 7.43. The molecule has 0 saturated heterocycles. The van der Waals surface area contributed by atoms with Gasteiger partial charge in [-0.25, -0.2) is 14.2 Å². The Balaban J connectivity index is 1.41. The Labute approximate surface area is 136 Å². The zero-order chi connectivity index (χ0) is 16.4. The number of tetrazole rings is 1. The minimum Gasteiger partial charge on any atom is -0.383 e. The lowest BCUT2D eigenvalue weighted by atomic mass is 10.3. The van der Waals surface area contributed by atoms with Gasteiger partial charge in [0, 0.05) is 18.4 Å². The molecule has 9 heteroatoms. The predicted molar refractivity (Wildman–Crippen MR) is 87.1 cm³/mol. The molecule has 0 saturated carbocycles. The normalized spacial score (nSPS) is 11.0. The van der Waals surface area contributed by atoms with Crippen LogP contribution in [-0.4, -0.2) is 40.9 Å². The number of nitrogens with zero attached hydrogens (tertiary/aromatic N) is 7. The fraction of sp³-hybridized carbons (Fsp3) is 0.133. The summed E-state index contributed by atoms with van der Waals surface area (Å²) in [6, 6.07) is 13.2. The van der Waals surface area contributed by atoms with Crippen molar-refractivity contribution in [1.82, 2.24) is 34.4 Å². The first-order valence-corrected chi connectivity index (χ1v) is 7.43. The Bertz CT molecular complexity index is 1000. The number of hydrogen-bond donors (Lipinski definition) is 1. The second-order valence-corrected chi connectivity index (χ2v) is 5.16. The average molecular weight is 322 g/mol. The molecule has 1 aromatic carbocycles. The molecule has 4 rings (SSSR count). The lowest BCUT2D eigenvalue weighted by Crippen LogP contribution is -2.24. The van der Waals surface area contributed by atoms with E-state index in [1.165, 1.54) is 15.4 Å². The lowest BCUT2D eigenvalue weighted by Gasteiger charge is -2.06. The van der Waals surface area contributed by atoms with E-state index in [1.54, 1.807) is 10.9 Å². The van der Waals surface area contributed by atoms with E-state index in [4.69, 9.17) is 0 Å². The maximum absolute atomic E-state index is 12.2. The van der Waals surface area contributed by atoms with Crippen LogP contribution in [0, 0.1) is 0 Å². The molecule has 9 nitrogen and oxygen atoms in total. The van der Waals surface area contributed by atoms with Crippen LogP contribution in [-0.2, 0) is 6.54 Å². The van der Waals surface area contributed by atoms with Crippen molar-refractivity contribution in [1.29, 1.82) is 0 Å². The van der Waals surface area contributed by atoms with Crippen molar-refractivity contribution in [2.45, 2.75) is 6.54 Å². The number of pyridine rings is 1. The average Bonchev–Trinajstić information content (AvgIpc) is 3.25. The summed E-state index contributed by atoms with van der Waals surface area (Å²) in [6.45, 7) is 1.07. The molecule has 3 heterocycles. The van der Waals surface area contributed by atoms with Gasteiger partial charge in [-0.3, -0.25) is 4.40 Å². The minimum atomic E-state index is -0.138. The van der Waals surface area contributed by atoms with Crippen molar-refractivity contribution in [2.75, 3.05) is 11.9 Å². The second-order valence-electron chi connectivity index (χ2n) is 5.16. The highest BCUT2D eigenvalue weighted by molar-refractivity contribution is 5.48.